The van der Waals surface area contributed by atoms with Gasteiger partial charge in [-0.15, -0.1) is 0 Å². The summed E-state index contributed by atoms with van der Waals surface area (Å²) in [5.41, 5.74) is 0. The minimum atomic E-state index is -8.36. The van der Waals surface area contributed by atoms with Crippen molar-refractivity contribution in [2.75, 3.05) is 6.61 Å². The van der Waals surface area contributed by atoms with E-state index < -0.39 is 81.3 Å². The molecule has 0 unspecified atom stereocenters. The van der Waals surface area contributed by atoms with E-state index in [1.165, 1.54) is 0 Å². The third-order valence-corrected chi connectivity index (χ3v) is 4.24. The van der Waals surface area contributed by atoms with Gasteiger partial charge in [0.05, 0.1) is 19.4 Å². The van der Waals surface area contributed by atoms with Crippen LogP contribution in [-0.4, -0.2) is 64.0 Å². The molecule has 34 heavy (non-hydrogen) atoms. The highest BCUT2D eigenvalue weighted by molar-refractivity contribution is 7.46. The third kappa shape index (κ3) is 6.77. The normalized spacial score (nSPS) is 16.2. The van der Waals surface area contributed by atoms with E-state index in [2.05, 4.69) is 4.52 Å². The Labute approximate surface area is 176 Å². The molecule has 0 aliphatic carbocycles. The van der Waals surface area contributed by atoms with Gasteiger partial charge in [0.1, 0.15) is 0 Å². The first kappa shape index (κ1) is 32.9. The molecule has 0 saturated heterocycles. The molecule has 4 nitrogen and oxygen atoms in total. The van der Waals surface area contributed by atoms with E-state index in [9.17, 15) is 79.2 Å². The molecule has 0 rings (SSSR count). The maximum absolute atomic E-state index is 13.5. The number of halogens is 17. The SMILES string of the molecule is O=P(O)(O)OCCC(F)(F)CC(F)(F)CC(F)(F)C(F)(F)C(F)(F)C(F)(F)C(F)(F)C(F)(F)F. The van der Waals surface area contributed by atoms with Crippen molar-refractivity contribution < 1.29 is 93.5 Å². The lowest BCUT2D eigenvalue weighted by atomic mass is 9.90. The summed E-state index contributed by atoms with van der Waals surface area (Å²) in [6, 6.07) is 0. The van der Waals surface area contributed by atoms with E-state index in [0.717, 1.165) is 0 Å². The summed E-state index contributed by atoms with van der Waals surface area (Å²) in [4.78, 5) is 16.4. The third-order valence-electron chi connectivity index (χ3n) is 3.72. The Balaban J connectivity index is 5.93. The van der Waals surface area contributed by atoms with Crippen molar-refractivity contribution in [2.45, 2.75) is 66.9 Å². The zero-order chi connectivity index (χ0) is 28.0. The molecule has 0 bridgehead atoms. The van der Waals surface area contributed by atoms with Crippen molar-refractivity contribution >= 4 is 7.82 Å². The van der Waals surface area contributed by atoms with Crippen LogP contribution in [0.15, 0.2) is 0 Å². The van der Waals surface area contributed by atoms with E-state index in [0.29, 0.717) is 0 Å². The minimum Gasteiger partial charge on any atom is -0.303 e. The van der Waals surface area contributed by atoms with E-state index in [4.69, 9.17) is 9.79 Å². The van der Waals surface area contributed by atoms with Crippen LogP contribution in [-0.2, 0) is 9.09 Å². The Morgan fingerprint density at radius 2 is 0.941 bits per heavy atom. The molecule has 206 valence electrons. The molecule has 0 aromatic rings. The summed E-state index contributed by atoms with van der Waals surface area (Å²) in [5.74, 6) is -51.1. The van der Waals surface area contributed by atoms with Crippen LogP contribution in [0.2, 0.25) is 0 Å². The fourth-order valence-electron chi connectivity index (χ4n) is 2.08. The summed E-state index contributed by atoms with van der Waals surface area (Å²) in [6.07, 6.45) is -17.3. The first-order valence-corrected chi connectivity index (χ1v) is 9.31. The van der Waals surface area contributed by atoms with Crippen LogP contribution in [0.1, 0.15) is 19.3 Å². The quantitative estimate of drug-likeness (QED) is 0.214. The predicted molar refractivity (Wildman–Crippen MR) is 72.5 cm³/mol. The van der Waals surface area contributed by atoms with Gasteiger partial charge in [0.2, 0.25) is 0 Å². The highest BCUT2D eigenvalue weighted by atomic mass is 31.2. The molecule has 2 N–H and O–H groups in total. The Hall–Kier alpha value is -1.08. The Morgan fingerprint density at radius 3 is 1.29 bits per heavy atom. The predicted octanol–water partition coefficient (Wildman–Crippen LogP) is 6.28. The fourth-order valence-corrected chi connectivity index (χ4v) is 2.41. The average molecular weight is 572 g/mol. The summed E-state index contributed by atoms with van der Waals surface area (Å²) in [7, 11) is -5.45. The average Bonchev–Trinajstić information content (AvgIpc) is 2.48. The lowest BCUT2D eigenvalue weighted by Crippen LogP contribution is -2.70. The molecule has 0 spiro atoms. The number of phosphoric ester groups is 1. The molecular formula is C12H10F17O4P. The largest absolute Gasteiger partial charge is 0.469 e. The lowest BCUT2D eigenvalue weighted by Gasteiger charge is -2.40. The molecular weight excluding hydrogens is 562 g/mol. The topological polar surface area (TPSA) is 66.8 Å². The molecule has 0 atom stereocenters. The van der Waals surface area contributed by atoms with Crippen molar-refractivity contribution in [3.05, 3.63) is 0 Å². The van der Waals surface area contributed by atoms with Crippen LogP contribution in [0.4, 0.5) is 74.6 Å². The molecule has 0 aliphatic rings. The molecule has 0 aromatic carbocycles. The van der Waals surface area contributed by atoms with Crippen molar-refractivity contribution in [3.63, 3.8) is 0 Å². The summed E-state index contributed by atoms with van der Waals surface area (Å²) >= 11 is 0. The number of hydrogen-bond acceptors (Lipinski definition) is 2. The molecule has 0 heterocycles. The standard InChI is InChI=1S/C12H10F17O4P/c13-5(14,1-2-33-34(30,31)32)3-6(15,16)4-7(17,18)8(19,20)9(21,22)10(23,24)11(25,26)12(27,28)29/h1-4H2,(H2,30,31,32). The lowest BCUT2D eigenvalue weighted by molar-refractivity contribution is -0.442. The van der Waals surface area contributed by atoms with Crippen molar-refractivity contribution in [1.82, 2.24) is 0 Å². The van der Waals surface area contributed by atoms with Crippen LogP contribution in [0.25, 0.3) is 0 Å². The maximum Gasteiger partial charge on any atom is 0.469 e. The molecule has 0 fully saturated rings. The van der Waals surface area contributed by atoms with Gasteiger partial charge in [-0.25, -0.2) is 22.1 Å². The second kappa shape index (κ2) is 9.10. The molecule has 0 aliphatic heterocycles. The highest BCUT2D eigenvalue weighted by Crippen LogP contribution is 2.61. The van der Waals surface area contributed by atoms with E-state index >= 15 is 0 Å². The minimum absolute atomic E-state index is 1.75. The van der Waals surface area contributed by atoms with Gasteiger partial charge >= 0.3 is 43.6 Å². The van der Waals surface area contributed by atoms with E-state index in [-0.39, 0.29) is 0 Å². The smallest absolute Gasteiger partial charge is 0.303 e. The summed E-state index contributed by atoms with van der Waals surface area (Å²) < 4.78 is 234. The molecule has 0 aromatic heterocycles. The van der Waals surface area contributed by atoms with Crippen LogP contribution >= 0.6 is 7.82 Å². The van der Waals surface area contributed by atoms with Gasteiger partial charge in [-0.1, -0.05) is 0 Å². The van der Waals surface area contributed by atoms with Crippen molar-refractivity contribution in [1.29, 1.82) is 0 Å². The van der Waals surface area contributed by atoms with Gasteiger partial charge in [-0.05, 0) is 0 Å². The second-order valence-electron chi connectivity index (χ2n) is 6.64. The Morgan fingerprint density at radius 1 is 0.559 bits per heavy atom. The summed E-state index contributed by atoms with van der Waals surface area (Å²) in [6.45, 7) is -1.75. The monoisotopic (exact) mass is 572 g/mol. The molecule has 0 saturated carbocycles. The Bertz CT molecular complexity index is 756. The zero-order valence-electron chi connectivity index (χ0n) is 15.4. The first-order valence-electron chi connectivity index (χ1n) is 7.78. The second-order valence-corrected chi connectivity index (χ2v) is 7.88. The van der Waals surface area contributed by atoms with Gasteiger partial charge in [0.15, 0.2) is 0 Å². The van der Waals surface area contributed by atoms with Gasteiger partial charge in [-0.3, -0.25) is 4.52 Å². The number of phosphoric acid groups is 1. The van der Waals surface area contributed by atoms with Crippen LogP contribution in [0, 0.1) is 0 Å². The molecule has 0 amide bonds. The van der Waals surface area contributed by atoms with Crippen molar-refractivity contribution in [3.8, 4) is 0 Å². The summed E-state index contributed by atoms with van der Waals surface area (Å²) in [5, 5.41) is 0. The van der Waals surface area contributed by atoms with Gasteiger partial charge < -0.3 is 9.79 Å². The number of hydrogen-bond donors (Lipinski definition) is 2. The van der Waals surface area contributed by atoms with Crippen LogP contribution in [0.5, 0.6) is 0 Å². The molecule has 0 radical (unpaired) electrons. The van der Waals surface area contributed by atoms with E-state index in [1.54, 1.807) is 0 Å². The van der Waals surface area contributed by atoms with Gasteiger partial charge in [0, 0.05) is 6.42 Å². The number of alkyl halides is 17. The maximum atomic E-state index is 13.5. The Kier molecular flexibility index (Phi) is 8.81. The van der Waals surface area contributed by atoms with E-state index in [1.807, 2.05) is 0 Å². The van der Waals surface area contributed by atoms with Gasteiger partial charge in [-0.2, -0.15) is 57.1 Å². The number of rotatable bonds is 12. The van der Waals surface area contributed by atoms with Crippen molar-refractivity contribution in [2.24, 2.45) is 0 Å². The highest BCUT2D eigenvalue weighted by Gasteiger charge is 2.91. The molecule has 22 heteroatoms. The van der Waals surface area contributed by atoms with Crippen LogP contribution < -0.4 is 0 Å². The van der Waals surface area contributed by atoms with Gasteiger partial charge in [0.25, 0.3) is 11.8 Å². The van der Waals surface area contributed by atoms with Crippen LogP contribution in [0.3, 0.4) is 0 Å². The zero-order valence-corrected chi connectivity index (χ0v) is 16.3. The first-order chi connectivity index (χ1) is 14.4. The fraction of sp³-hybridized carbons (Fsp3) is 1.00.